The Bertz CT molecular complexity index is 4270. The molecule has 12 rings (SSSR count). The number of unbranched alkanes of at least 4 members (excludes halogenated alkanes) is 12. The fourth-order valence-corrected chi connectivity index (χ4v) is 11.7. The highest BCUT2D eigenvalue weighted by molar-refractivity contribution is 7.43. The van der Waals surface area contributed by atoms with E-state index < -0.39 is 47.4 Å². The number of imidazole rings is 12. The molecule has 0 aliphatic heterocycles. The lowest BCUT2D eigenvalue weighted by Crippen LogP contribution is -2.30. The summed E-state index contributed by atoms with van der Waals surface area (Å²) in [5.41, 5.74) is 0. The normalized spacial score (nSPS) is 10.5. The summed E-state index contributed by atoms with van der Waals surface area (Å²) in [5, 5.41) is 0. The highest BCUT2D eigenvalue weighted by Crippen LogP contribution is 2.25. The van der Waals surface area contributed by atoms with Crippen LogP contribution < -0.4 is 114 Å². The quantitative estimate of drug-likeness (QED) is 0.0244. The van der Waals surface area contributed by atoms with Crippen LogP contribution in [0.1, 0.15) is 237 Å². The van der Waals surface area contributed by atoms with Crippen molar-refractivity contribution >= 4 is 47.4 Å². The predicted octanol–water partition coefficient (Wildman–Crippen LogP) is 6.06. The molecule has 0 aliphatic carbocycles. The van der Waals surface area contributed by atoms with Crippen molar-refractivity contribution in [2.75, 3.05) is 0 Å². The zero-order valence-corrected chi connectivity index (χ0v) is 98.6. The molecule has 0 fully saturated rings. The number of hydrogen-bond donors (Lipinski definition) is 0. The largest absolute Gasteiger partial charge is 0.786 e. The number of aromatic nitrogens is 24. The van der Waals surface area contributed by atoms with Crippen molar-refractivity contribution in [1.82, 2.24) is 54.8 Å². The molecule has 0 spiro atoms. The number of rotatable bonds is 36. The Morgan fingerprint density at radius 2 is 0.207 bits per heavy atom. The maximum atomic E-state index is 10.1. The van der Waals surface area contributed by atoms with Gasteiger partial charge in [-0.25, -0.2) is 135 Å². The zero-order valence-electron chi connectivity index (χ0n) is 93.3. The van der Waals surface area contributed by atoms with Gasteiger partial charge in [-0.1, -0.05) is 160 Å². The maximum Gasteiger partial charge on any atom is 0.243 e. The highest BCUT2D eigenvalue weighted by Gasteiger charge is 2.07. The summed E-state index contributed by atoms with van der Waals surface area (Å²) in [6.45, 7) is 40.3. The zero-order chi connectivity index (χ0) is 116. The first kappa shape index (κ1) is 152. The van der Waals surface area contributed by atoms with Gasteiger partial charge in [0.1, 0.15) is 196 Å². The van der Waals surface area contributed by atoms with Crippen LogP contribution in [0.2, 0.25) is 0 Å². The first-order chi connectivity index (χ1) is 69.9. The van der Waals surface area contributed by atoms with Crippen molar-refractivity contribution in [2.24, 2.45) is 84.6 Å². The maximum absolute atomic E-state index is 10.1. The Balaban J connectivity index is -0.000000368. The van der Waals surface area contributed by atoms with E-state index in [4.69, 9.17) is 86.1 Å². The molecular weight excluding hydrogens is 2080 g/mol. The minimum atomic E-state index is -5.64. The third-order valence-electron chi connectivity index (χ3n) is 19.1. The molecule has 864 valence electrons. The van der Waals surface area contributed by atoms with E-state index in [1.54, 1.807) is 0 Å². The number of halogens is 6. The smallest absolute Gasteiger partial charge is 0.243 e. The molecule has 42 nitrogen and oxygen atoms in total. The molecule has 0 saturated carbocycles. The first-order valence-electron chi connectivity index (χ1n) is 50.3. The molecular formula is C96H180F6N24O18P6. The minimum Gasteiger partial charge on any atom is -0.786 e. The lowest BCUT2D eigenvalue weighted by Gasteiger charge is -2.15. The van der Waals surface area contributed by atoms with Gasteiger partial charge in [-0.05, 0) is 77.0 Å². The van der Waals surface area contributed by atoms with Crippen molar-refractivity contribution in [3.05, 3.63) is 225 Å². The van der Waals surface area contributed by atoms with E-state index in [2.05, 4.69) is 417 Å². The number of aryl methyl sites for hydroxylation is 24. The van der Waals surface area contributed by atoms with Crippen LogP contribution in [0.15, 0.2) is 225 Å². The van der Waals surface area contributed by atoms with Crippen LogP contribution in [0.25, 0.3) is 0 Å². The Kier molecular flexibility index (Phi) is 93.5. The predicted molar refractivity (Wildman–Crippen MR) is 538 cm³/mol. The Morgan fingerprint density at radius 1 is 0.153 bits per heavy atom. The lowest BCUT2D eigenvalue weighted by atomic mass is 10.3. The summed E-state index contributed by atoms with van der Waals surface area (Å²) in [5.74, 6) is 0. The van der Waals surface area contributed by atoms with Gasteiger partial charge in [-0.15, -0.1) is 0 Å². The molecule has 12 aromatic heterocycles. The van der Waals surface area contributed by atoms with E-state index in [9.17, 15) is 25.2 Å². The average Bonchev–Trinajstić information content (AvgIpc) is 1.88. The minimum absolute atomic E-state index is 1.15. The Hall–Kier alpha value is -9.00. The van der Waals surface area contributed by atoms with Crippen LogP contribution in [0.3, 0.4) is 0 Å². The van der Waals surface area contributed by atoms with Crippen LogP contribution in [-0.2, 0) is 190 Å². The number of hydrogen-bond acceptors (Lipinski definition) is 18. The molecule has 54 heteroatoms. The standard InChI is InChI=1S/12C8H15N2.6FH2O3P/c12*1-3-4-5-10-7-6-9(2)8-10;6*1-5(2,3)4/h12*6-8H,3-5H2,1-2H3;6*(H2,2,3,4)/q12*+1;;;;;;/p-12. The second-order valence-corrected chi connectivity index (χ2v) is 39.8. The molecule has 0 bridgehead atoms. The van der Waals surface area contributed by atoms with Gasteiger partial charge in [-0.2, -0.15) is 0 Å². The summed E-state index contributed by atoms with van der Waals surface area (Å²) >= 11 is 0. The van der Waals surface area contributed by atoms with E-state index in [1.807, 2.05) is 84.6 Å². The van der Waals surface area contributed by atoms with Crippen molar-refractivity contribution in [3.8, 4) is 0 Å². The van der Waals surface area contributed by atoms with Gasteiger partial charge in [0, 0.05) is 0 Å². The van der Waals surface area contributed by atoms with Crippen LogP contribution >= 0.6 is 47.4 Å². The average molecular weight is 2260 g/mol. The van der Waals surface area contributed by atoms with Gasteiger partial charge in [-0.3, -0.25) is 0 Å². The molecule has 0 atom stereocenters. The second-order valence-electron chi connectivity index (χ2n) is 34.6. The highest BCUT2D eigenvalue weighted by atomic mass is 31.2. The number of nitrogens with zero attached hydrogens (tertiary/aromatic N) is 24. The lowest BCUT2D eigenvalue weighted by molar-refractivity contribution is -0.696. The fraction of sp³-hybridized carbons (Fsp3) is 0.625. The Morgan fingerprint density at radius 3 is 0.240 bits per heavy atom. The van der Waals surface area contributed by atoms with Crippen LogP contribution in [0.5, 0.6) is 0 Å². The van der Waals surface area contributed by atoms with E-state index in [0.717, 1.165) is 78.5 Å². The molecule has 0 amide bonds. The summed E-state index contributed by atoms with van der Waals surface area (Å²) in [7, 11) is -9.30. The van der Waals surface area contributed by atoms with Gasteiger partial charge in [0.05, 0.1) is 163 Å². The summed E-state index contributed by atoms with van der Waals surface area (Å²) in [6.07, 6.45) is 106. The van der Waals surface area contributed by atoms with Crippen molar-refractivity contribution < 1.29 is 166 Å². The topological polar surface area (TPSA) is 485 Å². The van der Waals surface area contributed by atoms with E-state index in [-0.39, 0.29) is 0 Å². The SMILES string of the molecule is CCCC[n+]1ccn(C)c1.CCCC[n+]1ccn(C)c1.CCCC[n+]1ccn(C)c1.CCCC[n+]1ccn(C)c1.CCCC[n+]1ccn(C)c1.CCCC[n+]1ccn(C)c1.CCCC[n+]1ccn(C)c1.CCCC[n+]1ccn(C)c1.CCCC[n+]1ccn(C)c1.CCCC[n+]1ccn(C)c1.CCCC[n+]1ccn(C)c1.CCCC[n+]1ccn(C)c1.O=P([O-])([O-])F.O=P([O-])([O-])F.O=P([O-])([O-])F.O=P([O-])([O-])F.O=P([O-])([O-])F.O=P([O-])([O-])F. The first-order valence-corrected chi connectivity index (χ1v) is 58.9. The fourth-order valence-electron chi connectivity index (χ4n) is 11.7. The van der Waals surface area contributed by atoms with Crippen LogP contribution in [0.4, 0.5) is 25.2 Å². The van der Waals surface area contributed by atoms with Crippen LogP contribution in [0, 0.1) is 0 Å². The van der Waals surface area contributed by atoms with E-state index in [1.165, 1.54) is 154 Å². The monoisotopic (exact) mass is 2260 g/mol. The third-order valence-corrected chi connectivity index (χ3v) is 19.1. The van der Waals surface area contributed by atoms with Crippen molar-refractivity contribution in [2.45, 2.75) is 316 Å². The summed E-state index contributed by atoms with van der Waals surface area (Å²) in [6, 6.07) is 0. The molecule has 0 radical (unpaired) electrons. The molecule has 0 N–H and O–H groups in total. The van der Waals surface area contributed by atoms with Gasteiger partial charge < -0.3 is 86.1 Å². The van der Waals surface area contributed by atoms with Gasteiger partial charge in [0.2, 0.25) is 75.9 Å². The van der Waals surface area contributed by atoms with E-state index >= 15 is 0 Å². The van der Waals surface area contributed by atoms with Gasteiger partial charge in [0.25, 0.3) is 0 Å². The molecule has 0 unspecified atom stereocenters. The third kappa shape index (κ3) is 123. The molecule has 12 heterocycles. The molecule has 0 saturated heterocycles. The van der Waals surface area contributed by atoms with Crippen LogP contribution in [-0.4, -0.2) is 54.8 Å². The van der Waals surface area contributed by atoms with Crippen molar-refractivity contribution in [3.63, 3.8) is 0 Å². The summed E-state index contributed by atoms with van der Waals surface area (Å²) in [4.78, 5) is 101. The van der Waals surface area contributed by atoms with Gasteiger partial charge in [0.15, 0.2) is 0 Å². The summed E-state index contributed by atoms with van der Waals surface area (Å²) < 4.78 is 163. The molecule has 0 aromatic carbocycles. The second kappa shape index (κ2) is 92.5. The molecule has 0 aliphatic rings. The van der Waals surface area contributed by atoms with E-state index in [0.29, 0.717) is 0 Å². The molecule has 150 heavy (non-hydrogen) atoms. The van der Waals surface area contributed by atoms with Gasteiger partial charge >= 0.3 is 0 Å². The molecule has 12 aromatic rings. The van der Waals surface area contributed by atoms with Crippen molar-refractivity contribution in [1.29, 1.82) is 0 Å². The Labute approximate surface area is 888 Å².